The molecule has 2 heterocycles. The molecule has 1 fully saturated rings. The molecule has 1 amide bonds. The molecule has 1 saturated heterocycles. The number of hydrogen-bond donors (Lipinski definition) is 1. The second-order valence-electron chi connectivity index (χ2n) is 5.55. The number of carboxylic acids is 1. The first-order valence-corrected chi connectivity index (χ1v) is 8.05. The van der Waals surface area contributed by atoms with Crippen LogP contribution in [0.1, 0.15) is 35.9 Å². The van der Waals surface area contributed by atoms with E-state index >= 15 is 0 Å². The van der Waals surface area contributed by atoms with E-state index in [2.05, 4.69) is 0 Å². The second kappa shape index (κ2) is 6.43. The molecule has 1 aromatic rings. The zero-order chi connectivity index (χ0) is 15.5. The number of thiophene rings is 1. The normalized spacial score (nSPS) is 18.1. The van der Waals surface area contributed by atoms with Crippen molar-refractivity contribution in [1.82, 2.24) is 4.90 Å². The Morgan fingerprint density at radius 2 is 2.05 bits per heavy atom. The summed E-state index contributed by atoms with van der Waals surface area (Å²) in [5, 5.41) is 9.35. The van der Waals surface area contributed by atoms with Gasteiger partial charge in [-0.1, -0.05) is 6.92 Å². The van der Waals surface area contributed by atoms with Gasteiger partial charge in [-0.3, -0.25) is 9.59 Å². The molecule has 0 bridgehead atoms. The number of carboxylic acid groups (broad SMARTS) is 1. The maximum absolute atomic E-state index is 12.1. The van der Waals surface area contributed by atoms with Crippen molar-refractivity contribution in [2.75, 3.05) is 13.1 Å². The highest BCUT2D eigenvalue weighted by Crippen LogP contribution is 2.35. The van der Waals surface area contributed by atoms with Crippen molar-refractivity contribution in [3.63, 3.8) is 0 Å². The number of carbonyl (C=O) groups excluding carboxylic acids is 1. The molecule has 0 spiro atoms. The molecule has 0 aromatic carbocycles. The van der Waals surface area contributed by atoms with Crippen LogP contribution in [0, 0.1) is 12.3 Å². The smallest absolute Gasteiger partial charge is 0.309 e. The van der Waals surface area contributed by atoms with Crippen molar-refractivity contribution < 1.29 is 14.7 Å². The molecule has 4 nitrogen and oxygen atoms in total. The molecule has 21 heavy (non-hydrogen) atoms. The molecule has 2 rings (SSSR count). The van der Waals surface area contributed by atoms with Crippen molar-refractivity contribution in [3.8, 4) is 0 Å². The van der Waals surface area contributed by atoms with Gasteiger partial charge in [-0.2, -0.15) is 0 Å². The second-order valence-corrected chi connectivity index (χ2v) is 6.87. The third kappa shape index (κ3) is 3.53. The van der Waals surface area contributed by atoms with E-state index in [-0.39, 0.29) is 5.91 Å². The van der Waals surface area contributed by atoms with E-state index in [1.165, 1.54) is 4.88 Å². The van der Waals surface area contributed by atoms with Crippen LogP contribution in [0.3, 0.4) is 0 Å². The van der Waals surface area contributed by atoms with Gasteiger partial charge in [0.15, 0.2) is 0 Å². The molecule has 114 valence electrons. The number of aliphatic carboxylic acids is 1. The van der Waals surface area contributed by atoms with E-state index in [0.717, 1.165) is 4.88 Å². The van der Waals surface area contributed by atoms with E-state index < -0.39 is 11.4 Å². The maximum atomic E-state index is 12.1. The number of nitrogens with zero attached hydrogens (tertiary/aromatic N) is 1. The van der Waals surface area contributed by atoms with Crippen molar-refractivity contribution in [2.24, 2.45) is 5.41 Å². The highest BCUT2D eigenvalue weighted by molar-refractivity contribution is 7.12. The summed E-state index contributed by atoms with van der Waals surface area (Å²) in [4.78, 5) is 27.5. The van der Waals surface area contributed by atoms with Crippen LogP contribution in [0.2, 0.25) is 0 Å². The van der Waals surface area contributed by atoms with Gasteiger partial charge in [-0.05, 0) is 44.4 Å². The molecule has 0 aliphatic carbocycles. The van der Waals surface area contributed by atoms with Crippen molar-refractivity contribution in [2.45, 2.75) is 33.1 Å². The van der Waals surface area contributed by atoms with Crippen LogP contribution in [-0.4, -0.2) is 35.0 Å². The molecular formula is C16H21NO3S. The van der Waals surface area contributed by atoms with E-state index in [9.17, 15) is 14.7 Å². The van der Waals surface area contributed by atoms with Gasteiger partial charge in [0, 0.05) is 28.9 Å². The van der Waals surface area contributed by atoms with Gasteiger partial charge in [-0.15, -0.1) is 11.3 Å². The summed E-state index contributed by atoms with van der Waals surface area (Å²) in [6.45, 7) is 4.98. The van der Waals surface area contributed by atoms with Gasteiger partial charge < -0.3 is 10.0 Å². The molecule has 1 aromatic heterocycles. The highest BCUT2D eigenvalue weighted by Gasteiger charge is 2.40. The van der Waals surface area contributed by atoms with Crippen LogP contribution in [0.5, 0.6) is 0 Å². The lowest BCUT2D eigenvalue weighted by Gasteiger charge is -2.37. The van der Waals surface area contributed by atoms with E-state index in [4.69, 9.17) is 0 Å². The Balaban J connectivity index is 1.94. The van der Waals surface area contributed by atoms with Crippen molar-refractivity contribution in [1.29, 1.82) is 0 Å². The summed E-state index contributed by atoms with van der Waals surface area (Å²) < 4.78 is 0. The van der Waals surface area contributed by atoms with Gasteiger partial charge in [0.25, 0.3) is 0 Å². The number of piperidine rings is 1. The summed E-state index contributed by atoms with van der Waals surface area (Å²) in [5.41, 5.74) is -0.647. The average Bonchev–Trinajstić information content (AvgIpc) is 2.90. The third-order valence-corrected chi connectivity index (χ3v) is 5.28. The summed E-state index contributed by atoms with van der Waals surface area (Å²) >= 11 is 1.65. The quantitative estimate of drug-likeness (QED) is 0.869. The van der Waals surface area contributed by atoms with Crippen LogP contribution in [0.15, 0.2) is 18.2 Å². The summed E-state index contributed by atoms with van der Waals surface area (Å²) in [5.74, 6) is -0.766. The Hall–Kier alpha value is -1.62. The number of carbonyl (C=O) groups is 2. The molecule has 5 heteroatoms. The molecule has 0 radical (unpaired) electrons. The fourth-order valence-electron chi connectivity index (χ4n) is 2.68. The number of rotatable bonds is 4. The monoisotopic (exact) mass is 307 g/mol. The summed E-state index contributed by atoms with van der Waals surface area (Å²) in [6, 6.07) is 4.02. The Kier molecular flexibility index (Phi) is 4.83. The lowest BCUT2D eigenvalue weighted by molar-refractivity contribution is -0.154. The minimum atomic E-state index is -0.735. The first kappa shape index (κ1) is 15.8. The number of hydrogen-bond acceptors (Lipinski definition) is 3. The minimum Gasteiger partial charge on any atom is -0.481 e. The van der Waals surface area contributed by atoms with Crippen LogP contribution in [-0.2, 0) is 9.59 Å². The zero-order valence-electron chi connectivity index (χ0n) is 12.5. The minimum absolute atomic E-state index is 0.0313. The highest BCUT2D eigenvalue weighted by atomic mass is 32.1. The van der Waals surface area contributed by atoms with Gasteiger partial charge in [0.2, 0.25) is 5.91 Å². The Bertz CT molecular complexity index is 554. The van der Waals surface area contributed by atoms with Gasteiger partial charge in [0.1, 0.15) is 0 Å². The molecule has 0 unspecified atom stereocenters. The Morgan fingerprint density at radius 1 is 1.38 bits per heavy atom. The predicted molar refractivity (Wildman–Crippen MR) is 84.3 cm³/mol. The molecule has 1 aliphatic heterocycles. The number of amides is 1. The molecule has 0 atom stereocenters. The van der Waals surface area contributed by atoms with Gasteiger partial charge in [0.05, 0.1) is 5.41 Å². The maximum Gasteiger partial charge on any atom is 0.309 e. The summed E-state index contributed by atoms with van der Waals surface area (Å²) in [6.07, 6.45) is 5.12. The molecule has 0 saturated carbocycles. The van der Waals surface area contributed by atoms with E-state index in [1.807, 2.05) is 32.1 Å². The first-order chi connectivity index (χ1) is 9.97. The SMILES string of the molecule is CCC1(C(=O)O)CCN(C(=O)C=Cc2ccc(C)s2)CC1. The Morgan fingerprint density at radius 3 is 2.52 bits per heavy atom. The first-order valence-electron chi connectivity index (χ1n) is 7.24. The zero-order valence-corrected chi connectivity index (χ0v) is 13.3. The van der Waals surface area contributed by atoms with Crippen LogP contribution < -0.4 is 0 Å². The van der Waals surface area contributed by atoms with Crippen LogP contribution in [0.25, 0.3) is 6.08 Å². The average molecular weight is 307 g/mol. The molecule has 1 aliphatic rings. The van der Waals surface area contributed by atoms with Crippen molar-refractivity contribution >= 4 is 29.3 Å². The van der Waals surface area contributed by atoms with E-state index in [0.29, 0.717) is 32.4 Å². The lowest BCUT2D eigenvalue weighted by atomic mass is 9.76. The number of likely N-dealkylation sites (tertiary alicyclic amines) is 1. The Labute approximate surface area is 129 Å². The van der Waals surface area contributed by atoms with E-state index in [1.54, 1.807) is 22.3 Å². The topological polar surface area (TPSA) is 57.6 Å². The van der Waals surface area contributed by atoms with Crippen LogP contribution >= 0.6 is 11.3 Å². The molecule has 1 N–H and O–H groups in total. The predicted octanol–water partition coefficient (Wildman–Crippen LogP) is 3.17. The number of aryl methyl sites for hydroxylation is 1. The fraction of sp³-hybridized carbons (Fsp3) is 0.500. The van der Waals surface area contributed by atoms with Crippen LogP contribution in [0.4, 0.5) is 0 Å². The summed E-state index contributed by atoms with van der Waals surface area (Å²) in [7, 11) is 0. The molecular weight excluding hydrogens is 286 g/mol. The largest absolute Gasteiger partial charge is 0.481 e. The van der Waals surface area contributed by atoms with Gasteiger partial charge in [-0.25, -0.2) is 0 Å². The lowest BCUT2D eigenvalue weighted by Crippen LogP contribution is -2.45. The third-order valence-electron chi connectivity index (χ3n) is 4.31. The van der Waals surface area contributed by atoms with Crippen molar-refractivity contribution in [3.05, 3.63) is 28.0 Å². The fourth-order valence-corrected chi connectivity index (χ4v) is 3.46. The standard InChI is InChI=1S/C16H21NO3S/c1-3-16(15(19)20)8-10-17(11-9-16)14(18)7-6-13-5-4-12(2)21-13/h4-7H,3,8-11H2,1-2H3,(H,19,20). The van der Waals surface area contributed by atoms with Gasteiger partial charge >= 0.3 is 5.97 Å².